The molecule has 2 aliphatic rings. The van der Waals surface area contributed by atoms with Crippen LogP contribution >= 0.6 is 0 Å². The summed E-state index contributed by atoms with van der Waals surface area (Å²) < 4.78 is 43.3. The molecule has 0 amide bonds. The summed E-state index contributed by atoms with van der Waals surface area (Å²) >= 11 is 0. The first kappa shape index (κ1) is 17.3. The average molecular weight is 334 g/mol. The van der Waals surface area contributed by atoms with Crippen LogP contribution in [0.25, 0.3) is 0 Å². The average Bonchev–Trinajstić information content (AvgIpc) is 2.59. The van der Waals surface area contributed by atoms with E-state index in [2.05, 4.69) is 6.92 Å². The molecule has 0 nitrogen and oxygen atoms in total. The zero-order valence-corrected chi connectivity index (χ0v) is 14.2. The van der Waals surface area contributed by atoms with Crippen molar-refractivity contribution in [3.63, 3.8) is 0 Å². The van der Waals surface area contributed by atoms with Gasteiger partial charge in [-0.05, 0) is 55.2 Å². The third kappa shape index (κ3) is 3.31. The van der Waals surface area contributed by atoms with Crippen LogP contribution in [0.4, 0.5) is 13.2 Å². The lowest BCUT2D eigenvalue weighted by molar-refractivity contribution is 0.223. The van der Waals surface area contributed by atoms with Crippen LogP contribution < -0.4 is 0 Å². The summed E-state index contributed by atoms with van der Waals surface area (Å²) in [4.78, 5) is 0. The zero-order valence-electron chi connectivity index (χ0n) is 14.2. The van der Waals surface area contributed by atoms with Crippen molar-refractivity contribution in [1.29, 1.82) is 0 Å². The normalized spacial score (nSPS) is 30.7. The third-order valence-corrected chi connectivity index (χ3v) is 5.52. The van der Waals surface area contributed by atoms with Crippen molar-refractivity contribution in [2.75, 3.05) is 0 Å². The monoisotopic (exact) mass is 334 g/mol. The van der Waals surface area contributed by atoms with Crippen molar-refractivity contribution in [3.8, 4) is 0 Å². The molecule has 1 fully saturated rings. The molecule has 0 N–H and O–H groups in total. The lowest BCUT2D eigenvalue weighted by atomic mass is 9.74. The fourth-order valence-electron chi connectivity index (χ4n) is 4.24. The van der Waals surface area contributed by atoms with Crippen molar-refractivity contribution in [2.24, 2.45) is 5.92 Å². The van der Waals surface area contributed by atoms with E-state index in [-0.39, 0.29) is 17.9 Å². The maximum absolute atomic E-state index is 15.4. The fraction of sp³-hybridized carbons (Fsp3) is 0.524. The van der Waals surface area contributed by atoms with Crippen LogP contribution in [0.2, 0.25) is 0 Å². The highest BCUT2D eigenvalue weighted by Crippen LogP contribution is 2.47. The predicted molar refractivity (Wildman–Crippen MR) is 91.8 cm³/mol. The number of allylic oxidation sites excluding steroid dienone is 4. The van der Waals surface area contributed by atoms with Crippen molar-refractivity contribution in [3.05, 3.63) is 59.2 Å². The lowest BCUT2D eigenvalue weighted by Crippen LogP contribution is -2.25. The van der Waals surface area contributed by atoms with Crippen LogP contribution in [0.3, 0.4) is 0 Å². The van der Waals surface area contributed by atoms with E-state index in [1.807, 2.05) is 12.1 Å². The Kier molecular flexibility index (Phi) is 5.17. The Morgan fingerprint density at radius 2 is 1.79 bits per heavy atom. The van der Waals surface area contributed by atoms with E-state index in [1.165, 1.54) is 12.8 Å². The second-order valence-electron chi connectivity index (χ2n) is 7.15. The molecule has 0 heterocycles. The van der Waals surface area contributed by atoms with Gasteiger partial charge in [0.2, 0.25) is 5.67 Å². The van der Waals surface area contributed by atoms with Gasteiger partial charge in [-0.3, -0.25) is 0 Å². The quantitative estimate of drug-likeness (QED) is 0.554. The van der Waals surface area contributed by atoms with Crippen molar-refractivity contribution in [1.82, 2.24) is 0 Å². The molecule has 0 saturated heterocycles. The molecule has 0 radical (unpaired) electrons. The Morgan fingerprint density at radius 1 is 1.08 bits per heavy atom. The molecule has 0 spiro atoms. The summed E-state index contributed by atoms with van der Waals surface area (Å²) in [5.41, 5.74) is -1.35. The van der Waals surface area contributed by atoms with E-state index in [9.17, 15) is 8.78 Å². The molecule has 3 heteroatoms. The summed E-state index contributed by atoms with van der Waals surface area (Å²) in [7, 11) is 0. The molecule has 1 aromatic carbocycles. The molecular formula is C21H25F3. The summed E-state index contributed by atoms with van der Waals surface area (Å²) in [6.07, 6.45) is 8.36. The molecule has 3 rings (SSSR count). The van der Waals surface area contributed by atoms with E-state index in [1.54, 1.807) is 12.1 Å². The van der Waals surface area contributed by atoms with Gasteiger partial charge in [0.25, 0.3) is 0 Å². The maximum atomic E-state index is 15.4. The van der Waals surface area contributed by atoms with Gasteiger partial charge in [0.1, 0.15) is 11.7 Å². The highest BCUT2D eigenvalue weighted by Gasteiger charge is 2.41. The van der Waals surface area contributed by atoms with Crippen LogP contribution in [-0.2, 0) is 5.67 Å². The number of benzene rings is 1. The smallest absolute Gasteiger partial charge is 0.207 e. The van der Waals surface area contributed by atoms with Gasteiger partial charge in [-0.2, -0.15) is 0 Å². The molecule has 1 saturated carbocycles. The Morgan fingerprint density at radius 3 is 2.50 bits per heavy atom. The third-order valence-electron chi connectivity index (χ3n) is 5.52. The minimum absolute atomic E-state index is 0.165. The fourth-order valence-corrected chi connectivity index (χ4v) is 4.24. The highest BCUT2D eigenvalue weighted by atomic mass is 19.2. The molecule has 24 heavy (non-hydrogen) atoms. The minimum atomic E-state index is -2.46. The van der Waals surface area contributed by atoms with Crippen LogP contribution in [0.1, 0.15) is 68.9 Å². The molecule has 1 aromatic rings. The number of halogens is 3. The first-order chi connectivity index (χ1) is 11.5. The number of rotatable bonds is 4. The van der Waals surface area contributed by atoms with Crippen LogP contribution in [0, 0.1) is 5.92 Å². The number of alkyl halides is 1. The SMILES string of the molecule is CCC[C@H]1CC[C@H](c2ccccc2C2(F)C=C(F)CC=C2F)CC1. The number of hydrogen-bond acceptors (Lipinski definition) is 0. The van der Waals surface area contributed by atoms with E-state index in [0.717, 1.165) is 49.3 Å². The summed E-state index contributed by atoms with van der Waals surface area (Å²) in [5, 5.41) is 0. The van der Waals surface area contributed by atoms with Crippen molar-refractivity contribution in [2.45, 2.75) is 63.5 Å². The van der Waals surface area contributed by atoms with Crippen LogP contribution in [-0.4, -0.2) is 0 Å². The van der Waals surface area contributed by atoms with E-state index < -0.39 is 17.3 Å². The molecule has 0 aliphatic heterocycles. The molecule has 130 valence electrons. The molecule has 2 aliphatic carbocycles. The van der Waals surface area contributed by atoms with Gasteiger partial charge in [0.15, 0.2) is 0 Å². The van der Waals surface area contributed by atoms with Gasteiger partial charge in [0.05, 0.1) is 0 Å². The molecule has 1 atom stereocenters. The van der Waals surface area contributed by atoms with Gasteiger partial charge in [-0.1, -0.05) is 44.0 Å². The zero-order chi connectivity index (χ0) is 17.2. The molecule has 0 bridgehead atoms. The van der Waals surface area contributed by atoms with Gasteiger partial charge >= 0.3 is 0 Å². The van der Waals surface area contributed by atoms with Gasteiger partial charge in [0, 0.05) is 12.0 Å². The Hall–Kier alpha value is -1.51. The number of hydrogen-bond donors (Lipinski definition) is 0. The van der Waals surface area contributed by atoms with Gasteiger partial charge in [-0.15, -0.1) is 0 Å². The Bertz CT molecular complexity index is 638. The van der Waals surface area contributed by atoms with Crippen molar-refractivity contribution < 1.29 is 13.2 Å². The Labute approximate surface area is 142 Å². The van der Waals surface area contributed by atoms with Gasteiger partial charge < -0.3 is 0 Å². The first-order valence-corrected chi connectivity index (χ1v) is 9.06. The lowest BCUT2D eigenvalue weighted by Gasteiger charge is -2.33. The summed E-state index contributed by atoms with van der Waals surface area (Å²) in [6.45, 7) is 2.20. The highest BCUT2D eigenvalue weighted by molar-refractivity contribution is 5.45. The first-order valence-electron chi connectivity index (χ1n) is 9.06. The predicted octanol–water partition coefficient (Wildman–Crippen LogP) is 7.04. The minimum Gasteiger partial charge on any atom is -0.226 e. The molecular weight excluding hydrogens is 309 g/mol. The van der Waals surface area contributed by atoms with E-state index in [4.69, 9.17) is 0 Å². The topological polar surface area (TPSA) is 0 Å². The standard InChI is InChI=1S/C21H25F3/c1-2-5-15-8-10-16(11-9-15)18-6-3-4-7-19(18)21(24)14-17(22)12-13-20(21)23/h3-4,6-7,13-16H,2,5,8-12H2,1H3/t15-,16-,21?. The Balaban J connectivity index is 1.89. The summed E-state index contributed by atoms with van der Waals surface area (Å²) in [6, 6.07) is 7.06. The van der Waals surface area contributed by atoms with E-state index in [0.29, 0.717) is 0 Å². The van der Waals surface area contributed by atoms with Crippen molar-refractivity contribution >= 4 is 0 Å². The van der Waals surface area contributed by atoms with Crippen LogP contribution in [0.15, 0.2) is 48.1 Å². The largest absolute Gasteiger partial charge is 0.226 e. The molecule has 0 aromatic heterocycles. The molecule has 1 unspecified atom stereocenters. The second-order valence-corrected chi connectivity index (χ2v) is 7.15. The van der Waals surface area contributed by atoms with Gasteiger partial charge in [-0.25, -0.2) is 13.2 Å². The van der Waals surface area contributed by atoms with E-state index >= 15 is 4.39 Å². The summed E-state index contributed by atoms with van der Waals surface area (Å²) in [5.74, 6) is -0.522. The van der Waals surface area contributed by atoms with Crippen LogP contribution in [0.5, 0.6) is 0 Å². The second kappa shape index (κ2) is 7.16. The maximum Gasteiger partial charge on any atom is 0.207 e.